The van der Waals surface area contributed by atoms with Crippen LogP contribution in [0.1, 0.15) is 42.9 Å². The lowest BCUT2D eigenvalue weighted by molar-refractivity contribution is -0.153. The van der Waals surface area contributed by atoms with Crippen LogP contribution in [0.4, 0.5) is 0 Å². The van der Waals surface area contributed by atoms with E-state index in [-0.39, 0.29) is 5.91 Å². The molecule has 0 aliphatic carbocycles. The number of ether oxygens (including phenoxy) is 1. The van der Waals surface area contributed by atoms with E-state index in [1.54, 1.807) is 11.0 Å². The van der Waals surface area contributed by atoms with Crippen LogP contribution in [0.2, 0.25) is 0 Å². The van der Waals surface area contributed by atoms with Gasteiger partial charge in [0, 0.05) is 24.6 Å². The summed E-state index contributed by atoms with van der Waals surface area (Å²) in [6.45, 7) is 5.72. The van der Waals surface area contributed by atoms with Gasteiger partial charge in [0.2, 0.25) is 6.23 Å². The summed E-state index contributed by atoms with van der Waals surface area (Å²) in [5, 5.41) is 0. The third kappa shape index (κ3) is 2.67. The lowest BCUT2D eigenvalue weighted by Gasteiger charge is -2.23. The van der Waals surface area contributed by atoms with E-state index in [2.05, 4.69) is 0 Å². The lowest BCUT2D eigenvalue weighted by Crippen LogP contribution is -2.30. The molecule has 1 atom stereocenters. The second-order valence-electron chi connectivity index (χ2n) is 4.79. The molecule has 0 saturated carbocycles. The highest BCUT2D eigenvalue weighted by Gasteiger charge is 2.37. The molecule has 19 heavy (non-hydrogen) atoms. The SMILES string of the molecule is CC(=O)OC1c2ccccc2C(=O)N1CC=C(C)C. The Morgan fingerprint density at radius 2 is 2.00 bits per heavy atom. The molecule has 1 aliphatic rings. The van der Waals surface area contributed by atoms with Gasteiger partial charge in [0.25, 0.3) is 5.91 Å². The van der Waals surface area contributed by atoms with Crippen LogP contribution in [0.3, 0.4) is 0 Å². The van der Waals surface area contributed by atoms with Gasteiger partial charge in [-0.05, 0) is 19.9 Å². The first-order chi connectivity index (χ1) is 9.00. The molecule has 0 saturated heterocycles. The predicted octanol–water partition coefficient (Wildman–Crippen LogP) is 2.67. The molecule has 0 bridgehead atoms. The smallest absolute Gasteiger partial charge is 0.304 e. The first-order valence-electron chi connectivity index (χ1n) is 6.21. The minimum absolute atomic E-state index is 0.0978. The van der Waals surface area contributed by atoms with E-state index in [9.17, 15) is 9.59 Å². The van der Waals surface area contributed by atoms with Gasteiger partial charge < -0.3 is 4.74 Å². The van der Waals surface area contributed by atoms with Gasteiger partial charge in [-0.15, -0.1) is 0 Å². The number of rotatable bonds is 3. The number of esters is 1. The number of allylic oxidation sites excluding steroid dienone is 1. The maximum absolute atomic E-state index is 12.3. The standard InChI is InChI=1S/C15H17NO3/c1-10(2)8-9-16-14(18)12-6-4-5-7-13(12)15(16)19-11(3)17/h4-8,15H,9H2,1-3H3. The fourth-order valence-electron chi connectivity index (χ4n) is 2.08. The van der Waals surface area contributed by atoms with E-state index in [1.165, 1.54) is 6.92 Å². The molecule has 1 aromatic carbocycles. The normalized spacial score (nSPS) is 17.1. The van der Waals surface area contributed by atoms with E-state index in [0.29, 0.717) is 12.1 Å². The number of amides is 1. The van der Waals surface area contributed by atoms with E-state index in [0.717, 1.165) is 11.1 Å². The first-order valence-corrected chi connectivity index (χ1v) is 6.21. The summed E-state index contributed by atoms with van der Waals surface area (Å²) < 4.78 is 5.29. The molecule has 0 aromatic heterocycles. The van der Waals surface area contributed by atoms with Crippen molar-refractivity contribution in [1.29, 1.82) is 0 Å². The van der Waals surface area contributed by atoms with E-state index >= 15 is 0 Å². The predicted molar refractivity (Wildman–Crippen MR) is 71.4 cm³/mol. The topological polar surface area (TPSA) is 46.6 Å². The van der Waals surface area contributed by atoms with Crippen molar-refractivity contribution in [3.05, 3.63) is 47.0 Å². The Morgan fingerprint density at radius 3 is 2.63 bits per heavy atom. The zero-order chi connectivity index (χ0) is 14.0. The highest BCUT2D eigenvalue weighted by Crippen LogP contribution is 2.34. The summed E-state index contributed by atoms with van der Waals surface area (Å²) in [7, 11) is 0. The molecule has 0 spiro atoms. The second-order valence-corrected chi connectivity index (χ2v) is 4.79. The maximum Gasteiger partial charge on any atom is 0.304 e. The molecule has 4 heteroatoms. The Bertz CT molecular complexity index is 544. The molecular weight excluding hydrogens is 242 g/mol. The van der Waals surface area contributed by atoms with Gasteiger partial charge in [-0.2, -0.15) is 0 Å². The number of hydrogen-bond donors (Lipinski definition) is 0. The van der Waals surface area contributed by atoms with E-state index < -0.39 is 12.2 Å². The third-order valence-corrected chi connectivity index (χ3v) is 2.98. The molecule has 1 unspecified atom stereocenters. The van der Waals surface area contributed by atoms with Crippen molar-refractivity contribution in [1.82, 2.24) is 4.90 Å². The lowest BCUT2D eigenvalue weighted by atomic mass is 10.1. The molecule has 0 radical (unpaired) electrons. The number of carbonyl (C=O) groups excluding carboxylic acids is 2. The van der Waals surface area contributed by atoms with E-state index in [4.69, 9.17) is 4.74 Å². The average molecular weight is 259 g/mol. The largest absolute Gasteiger partial charge is 0.437 e. The van der Waals surface area contributed by atoms with Crippen LogP contribution in [0.25, 0.3) is 0 Å². The van der Waals surface area contributed by atoms with Gasteiger partial charge in [-0.1, -0.05) is 29.8 Å². The number of benzene rings is 1. The minimum Gasteiger partial charge on any atom is -0.437 e. The molecule has 4 nitrogen and oxygen atoms in total. The number of carbonyl (C=O) groups is 2. The van der Waals surface area contributed by atoms with Gasteiger partial charge in [0.15, 0.2) is 0 Å². The van der Waals surface area contributed by atoms with Gasteiger partial charge in [0.1, 0.15) is 0 Å². The molecule has 1 amide bonds. The summed E-state index contributed by atoms with van der Waals surface area (Å²) in [6, 6.07) is 7.24. The summed E-state index contributed by atoms with van der Waals surface area (Å²) in [6.07, 6.45) is 1.33. The van der Waals surface area contributed by atoms with Crippen molar-refractivity contribution >= 4 is 11.9 Å². The van der Waals surface area contributed by atoms with Crippen molar-refractivity contribution in [3.8, 4) is 0 Å². The monoisotopic (exact) mass is 259 g/mol. The van der Waals surface area contributed by atoms with Crippen LogP contribution < -0.4 is 0 Å². The Balaban J connectivity index is 2.35. The van der Waals surface area contributed by atoms with Gasteiger partial charge in [-0.3, -0.25) is 14.5 Å². The van der Waals surface area contributed by atoms with Crippen LogP contribution in [0.15, 0.2) is 35.9 Å². The van der Waals surface area contributed by atoms with Crippen molar-refractivity contribution in [2.45, 2.75) is 27.0 Å². The molecule has 0 fully saturated rings. The molecule has 1 aromatic rings. The molecule has 1 aliphatic heterocycles. The van der Waals surface area contributed by atoms with Gasteiger partial charge in [0.05, 0.1) is 0 Å². The first kappa shape index (κ1) is 13.3. The molecule has 1 heterocycles. The van der Waals surface area contributed by atoms with Crippen molar-refractivity contribution in [2.24, 2.45) is 0 Å². The van der Waals surface area contributed by atoms with E-state index in [1.807, 2.05) is 38.1 Å². The van der Waals surface area contributed by atoms with Crippen LogP contribution >= 0.6 is 0 Å². The second kappa shape index (κ2) is 5.26. The Morgan fingerprint density at radius 1 is 1.32 bits per heavy atom. The molecule has 100 valence electrons. The Hall–Kier alpha value is -2.10. The van der Waals surface area contributed by atoms with Crippen molar-refractivity contribution < 1.29 is 14.3 Å². The maximum atomic E-state index is 12.3. The summed E-state index contributed by atoms with van der Waals surface area (Å²) in [4.78, 5) is 25.1. The Labute approximate surface area is 112 Å². The quantitative estimate of drug-likeness (QED) is 0.619. The zero-order valence-electron chi connectivity index (χ0n) is 11.3. The van der Waals surface area contributed by atoms with Gasteiger partial charge in [-0.25, -0.2) is 0 Å². The highest BCUT2D eigenvalue weighted by atomic mass is 16.6. The summed E-state index contributed by atoms with van der Waals surface area (Å²) in [5.41, 5.74) is 2.48. The average Bonchev–Trinajstić information content (AvgIpc) is 2.60. The van der Waals surface area contributed by atoms with Gasteiger partial charge >= 0.3 is 5.97 Å². The molecule has 2 rings (SSSR count). The number of nitrogens with zero attached hydrogens (tertiary/aromatic N) is 1. The fourth-order valence-corrected chi connectivity index (χ4v) is 2.08. The van der Waals surface area contributed by atoms with Crippen molar-refractivity contribution in [2.75, 3.05) is 6.54 Å². The van der Waals surface area contributed by atoms with Crippen molar-refractivity contribution in [3.63, 3.8) is 0 Å². The third-order valence-electron chi connectivity index (χ3n) is 2.98. The van der Waals surface area contributed by atoms with Crippen LogP contribution in [0, 0.1) is 0 Å². The highest BCUT2D eigenvalue weighted by molar-refractivity contribution is 5.99. The Kier molecular flexibility index (Phi) is 3.69. The van der Waals surface area contributed by atoms with Crippen LogP contribution in [-0.2, 0) is 9.53 Å². The van der Waals surface area contributed by atoms with Crippen LogP contribution in [0.5, 0.6) is 0 Å². The number of hydrogen-bond acceptors (Lipinski definition) is 3. The summed E-state index contributed by atoms with van der Waals surface area (Å²) in [5.74, 6) is -0.490. The number of fused-ring (bicyclic) bond motifs is 1. The molecule has 0 N–H and O–H groups in total. The molecular formula is C15H17NO3. The fraction of sp³-hybridized carbons (Fsp3) is 0.333. The summed E-state index contributed by atoms with van der Waals surface area (Å²) >= 11 is 0. The minimum atomic E-state index is -0.614. The zero-order valence-corrected chi connectivity index (χ0v) is 11.3. The van der Waals surface area contributed by atoms with Crippen LogP contribution in [-0.4, -0.2) is 23.3 Å².